The van der Waals surface area contributed by atoms with Gasteiger partial charge in [0.1, 0.15) is 17.5 Å². The predicted molar refractivity (Wildman–Crippen MR) is 128 cm³/mol. The van der Waals surface area contributed by atoms with Gasteiger partial charge in [-0.15, -0.1) is 0 Å². The van der Waals surface area contributed by atoms with Crippen LogP contribution in [-0.2, 0) is 6.54 Å². The van der Waals surface area contributed by atoms with E-state index in [0.717, 1.165) is 60.4 Å². The van der Waals surface area contributed by atoms with Gasteiger partial charge in [-0.05, 0) is 63.4 Å². The molecular formula is C27H33N3O2. The van der Waals surface area contributed by atoms with Gasteiger partial charge < -0.3 is 19.1 Å². The number of amides is 1. The summed E-state index contributed by atoms with van der Waals surface area (Å²) < 4.78 is 8.54. The lowest BCUT2D eigenvalue weighted by molar-refractivity contribution is 0.0665. The second kappa shape index (κ2) is 8.62. The van der Waals surface area contributed by atoms with E-state index in [9.17, 15) is 4.79 Å². The summed E-state index contributed by atoms with van der Waals surface area (Å²) in [5.74, 6) is 1.01. The first-order chi connectivity index (χ1) is 15.5. The van der Waals surface area contributed by atoms with Gasteiger partial charge in [-0.2, -0.15) is 0 Å². The molecular weight excluding hydrogens is 398 g/mol. The molecule has 1 saturated heterocycles. The average molecular weight is 432 g/mol. The number of nitrogens with zero attached hydrogens (tertiary/aromatic N) is 3. The third-order valence-electron chi connectivity index (χ3n) is 6.97. The molecule has 1 aromatic heterocycles. The van der Waals surface area contributed by atoms with Crippen molar-refractivity contribution < 1.29 is 9.53 Å². The molecule has 0 saturated carbocycles. The number of hydrogen-bond donors (Lipinski definition) is 0. The number of likely N-dealkylation sites (tertiary alicyclic amines) is 1. The zero-order chi connectivity index (χ0) is 22.2. The first kappa shape index (κ1) is 21.1. The van der Waals surface area contributed by atoms with Crippen LogP contribution in [0.4, 0.5) is 0 Å². The molecule has 32 heavy (non-hydrogen) atoms. The molecule has 5 rings (SSSR count). The van der Waals surface area contributed by atoms with Crippen molar-refractivity contribution in [2.45, 2.75) is 58.3 Å². The van der Waals surface area contributed by atoms with Gasteiger partial charge in [-0.3, -0.25) is 4.79 Å². The van der Waals surface area contributed by atoms with E-state index < -0.39 is 0 Å². The Morgan fingerprint density at radius 2 is 1.78 bits per heavy atom. The molecule has 0 bridgehead atoms. The van der Waals surface area contributed by atoms with Crippen molar-refractivity contribution >= 4 is 16.8 Å². The van der Waals surface area contributed by atoms with Gasteiger partial charge in [0.15, 0.2) is 0 Å². The molecule has 2 aromatic carbocycles. The fourth-order valence-corrected chi connectivity index (χ4v) is 5.22. The zero-order valence-corrected chi connectivity index (χ0v) is 19.3. The fraction of sp³-hybridized carbons (Fsp3) is 0.444. The van der Waals surface area contributed by atoms with Crippen molar-refractivity contribution in [1.82, 2.24) is 14.4 Å². The highest BCUT2D eigenvalue weighted by atomic mass is 16.5. The molecule has 0 N–H and O–H groups in total. The van der Waals surface area contributed by atoms with Crippen molar-refractivity contribution in [3.63, 3.8) is 0 Å². The summed E-state index contributed by atoms with van der Waals surface area (Å²) in [6.45, 7) is 10.3. The monoisotopic (exact) mass is 431 g/mol. The summed E-state index contributed by atoms with van der Waals surface area (Å²) in [4.78, 5) is 17.8. The Morgan fingerprint density at radius 1 is 1.03 bits per heavy atom. The maximum atomic E-state index is 13.3. The Balaban J connectivity index is 1.35. The molecule has 168 valence electrons. The second-order valence-electron chi connectivity index (χ2n) is 9.59. The van der Waals surface area contributed by atoms with E-state index in [-0.39, 0.29) is 18.1 Å². The summed E-state index contributed by atoms with van der Waals surface area (Å²) >= 11 is 0. The maximum Gasteiger partial charge on any atom is 0.270 e. The molecule has 1 fully saturated rings. The fourth-order valence-electron chi connectivity index (χ4n) is 5.22. The van der Waals surface area contributed by atoms with Crippen molar-refractivity contribution in [3.05, 3.63) is 65.9 Å². The largest absolute Gasteiger partial charge is 0.490 e. The minimum Gasteiger partial charge on any atom is -0.490 e. The molecule has 1 unspecified atom stereocenters. The van der Waals surface area contributed by atoms with Crippen LogP contribution >= 0.6 is 0 Å². The van der Waals surface area contributed by atoms with Crippen LogP contribution in [0.15, 0.2) is 54.6 Å². The summed E-state index contributed by atoms with van der Waals surface area (Å²) in [6, 6.07) is 19.4. The van der Waals surface area contributed by atoms with Crippen molar-refractivity contribution in [2.24, 2.45) is 0 Å². The van der Waals surface area contributed by atoms with Gasteiger partial charge >= 0.3 is 0 Å². The summed E-state index contributed by atoms with van der Waals surface area (Å²) in [5, 5.41) is 1.08. The van der Waals surface area contributed by atoms with Crippen molar-refractivity contribution in [2.75, 3.05) is 19.6 Å². The van der Waals surface area contributed by atoms with Gasteiger partial charge in [0, 0.05) is 49.2 Å². The predicted octanol–water partition coefficient (Wildman–Crippen LogP) is 5.11. The topological polar surface area (TPSA) is 37.7 Å². The smallest absolute Gasteiger partial charge is 0.270 e. The molecule has 3 heterocycles. The van der Waals surface area contributed by atoms with Crippen LogP contribution in [-0.4, -0.2) is 52.1 Å². The number of carbonyl (C=O) groups is 1. The third-order valence-corrected chi connectivity index (χ3v) is 6.97. The van der Waals surface area contributed by atoms with E-state index in [0.29, 0.717) is 12.6 Å². The van der Waals surface area contributed by atoms with E-state index >= 15 is 0 Å². The number of aromatic nitrogens is 1. The Morgan fingerprint density at radius 3 is 2.50 bits per heavy atom. The Labute approximate surface area is 190 Å². The zero-order valence-electron chi connectivity index (χ0n) is 19.3. The molecule has 1 atom stereocenters. The first-order valence-electron chi connectivity index (χ1n) is 11.9. The van der Waals surface area contributed by atoms with E-state index in [1.54, 1.807) is 0 Å². The standard InChI is InChI=1S/C27H33N3O2/c1-19(2)28-13-11-23(12-14-28)32-24-9-10-25-22(15-24)16-26-27(31)29(17-20(3)30(25)26)18-21-7-5-4-6-8-21/h4-10,15-16,19-20,23H,11-14,17-18H2,1-3H3. The highest BCUT2D eigenvalue weighted by Gasteiger charge is 2.31. The molecule has 5 nitrogen and oxygen atoms in total. The number of carbonyl (C=O) groups excluding carboxylic acids is 1. The molecule has 2 aliphatic heterocycles. The van der Waals surface area contributed by atoms with Gasteiger partial charge in [0.05, 0.1) is 0 Å². The van der Waals surface area contributed by atoms with Gasteiger partial charge in [-0.1, -0.05) is 30.3 Å². The van der Waals surface area contributed by atoms with E-state index in [1.165, 1.54) is 0 Å². The van der Waals surface area contributed by atoms with Crippen LogP contribution in [0, 0.1) is 0 Å². The van der Waals surface area contributed by atoms with Crippen LogP contribution in [0.2, 0.25) is 0 Å². The Kier molecular flexibility index (Phi) is 5.68. The van der Waals surface area contributed by atoms with Crippen LogP contribution in [0.25, 0.3) is 10.9 Å². The quantitative estimate of drug-likeness (QED) is 0.563. The van der Waals surface area contributed by atoms with Gasteiger partial charge in [0.25, 0.3) is 5.91 Å². The second-order valence-corrected chi connectivity index (χ2v) is 9.59. The van der Waals surface area contributed by atoms with Gasteiger partial charge in [-0.25, -0.2) is 0 Å². The van der Waals surface area contributed by atoms with Crippen LogP contribution in [0.3, 0.4) is 0 Å². The number of fused-ring (bicyclic) bond motifs is 3. The van der Waals surface area contributed by atoms with Crippen LogP contribution in [0.5, 0.6) is 5.75 Å². The summed E-state index contributed by atoms with van der Waals surface area (Å²) in [7, 11) is 0. The minimum absolute atomic E-state index is 0.103. The third kappa shape index (κ3) is 4.02. The lowest BCUT2D eigenvalue weighted by Crippen LogP contribution is -2.41. The Bertz CT molecular complexity index is 1100. The van der Waals surface area contributed by atoms with Crippen molar-refractivity contribution in [3.8, 4) is 5.75 Å². The number of benzene rings is 2. The molecule has 3 aromatic rings. The number of rotatable bonds is 5. The minimum atomic E-state index is 0.103. The molecule has 0 aliphatic carbocycles. The Hall–Kier alpha value is -2.79. The van der Waals surface area contributed by atoms with Crippen molar-refractivity contribution in [1.29, 1.82) is 0 Å². The first-order valence-corrected chi connectivity index (χ1v) is 11.9. The number of piperidine rings is 1. The number of ether oxygens (including phenoxy) is 1. The van der Waals surface area contributed by atoms with Crippen LogP contribution < -0.4 is 4.74 Å². The summed E-state index contributed by atoms with van der Waals surface area (Å²) in [6.07, 6.45) is 2.39. The molecule has 1 amide bonds. The molecule has 0 radical (unpaired) electrons. The molecule has 0 spiro atoms. The van der Waals surface area contributed by atoms with E-state index in [1.807, 2.05) is 29.2 Å². The highest BCUT2D eigenvalue weighted by molar-refractivity contribution is 6.00. The van der Waals surface area contributed by atoms with Gasteiger partial charge in [0.2, 0.25) is 0 Å². The molecule has 2 aliphatic rings. The molecule has 5 heteroatoms. The van der Waals surface area contributed by atoms with E-state index in [4.69, 9.17) is 4.74 Å². The lowest BCUT2D eigenvalue weighted by Gasteiger charge is -2.34. The van der Waals surface area contributed by atoms with E-state index in [2.05, 4.69) is 60.6 Å². The maximum absolute atomic E-state index is 13.3. The highest BCUT2D eigenvalue weighted by Crippen LogP contribution is 2.33. The normalized spacial score (nSPS) is 20.2. The summed E-state index contributed by atoms with van der Waals surface area (Å²) in [5.41, 5.74) is 3.05. The average Bonchev–Trinajstić information content (AvgIpc) is 3.18. The number of hydrogen-bond acceptors (Lipinski definition) is 3. The lowest BCUT2D eigenvalue weighted by atomic mass is 10.1. The van der Waals surface area contributed by atoms with Crippen LogP contribution in [0.1, 0.15) is 55.7 Å². The SMILES string of the molecule is CC(C)N1CCC(Oc2ccc3c(c2)cc2n3C(C)CN(Cc3ccccc3)C2=O)CC1.